The van der Waals surface area contributed by atoms with E-state index in [9.17, 15) is 4.79 Å². The highest BCUT2D eigenvalue weighted by molar-refractivity contribution is 6.07. The molecule has 0 bridgehead atoms. The number of hydrogen-bond acceptors (Lipinski definition) is 2. The fourth-order valence-corrected chi connectivity index (χ4v) is 2.43. The van der Waals surface area contributed by atoms with Gasteiger partial charge < -0.3 is 4.74 Å². The Hall–Kier alpha value is -2.35. The predicted octanol–water partition coefficient (Wildman–Crippen LogP) is 4.70. The van der Waals surface area contributed by atoms with Gasteiger partial charge in [-0.2, -0.15) is 0 Å². The van der Waals surface area contributed by atoms with Gasteiger partial charge in [0, 0.05) is 6.42 Å². The van der Waals surface area contributed by atoms with E-state index < -0.39 is 0 Å². The van der Waals surface area contributed by atoms with Gasteiger partial charge in [0.25, 0.3) is 0 Å². The van der Waals surface area contributed by atoms with Crippen LogP contribution in [0.1, 0.15) is 19.8 Å². The van der Waals surface area contributed by atoms with E-state index in [0.29, 0.717) is 12.2 Å². The van der Waals surface area contributed by atoms with Gasteiger partial charge >= 0.3 is 5.97 Å². The first-order valence-corrected chi connectivity index (χ1v) is 6.90. The van der Waals surface area contributed by atoms with Crippen molar-refractivity contribution in [1.82, 2.24) is 0 Å². The largest absolute Gasteiger partial charge is 0.427 e. The molecule has 0 saturated heterocycles. The van der Waals surface area contributed by atoms with Crippen LogP contribution in [0, 0.1) is 0 Å². The molecule has 0 unspecified atom stereocenters. The molecular formula is C18H16O2. The SMILES string of the molecule is CCCC(=O)Oc1ccc2ccc3ccccc3c2c1. The maximum absolute atomic E-state index is 11.6. The van der Waals surface area contributed by atoms with Crippen LogP contribution in [0.15, 0.2) is 54.6 Å². The van der Waals surface area contributed by atoms with Gasteiger partial charge in [-0.1, -0.05) is 49.4 Å². The molecule has 0 saturated carbocycles. The summed E-state index contributed by atoms with van der Waals surface area (Å²) < 4.78 is 5.37. The number of hydrogen-bond donors (Lipinski definition) is 0. The lowest BCUT2D eigenvalue weighted by Gasteiger charge is -2.07. The molecule has 0 aliphatic rings. The van der Waals surface area contributed by atoms with Gasteiger partial charge in [0.2, 0.25) is 0 Å². The lowest BCUT2D eigenvalue weighted by atomic mass is 10.0. The maximum Gasteiger partial charge on any atom is 0.311 e. The quantitative estimate of drug-likeness (QED) is 0.389. The third-order valence-electron chi connectivity index (χ3n) is 3.40. The summed E-state index contributed by atoms with van der Waals surface area (Å²) in [5.74, 6) is 0.444. The molecule has 100 valence electrons. The van der Waals surface area contributed by atoms with Crippen LogP contribution in [0.25, 0.3) is 21.5 Å². The molecule has 0 amide bonds. The van der Waals surface area contributed by atoms with Gasteiger partial charge in [-0.3, -0.25) is 4.79 Å². The Morgan fingerprint density at radius 2 is 1.65 bits per heavy atom. The van der Waals surface area contributed by atoms with Crippen molar-refractivity contribution >= 4 is 27.5 Å². The Balaban J connectivity index is 2.09. The summed E-state index contributed by atoms with van der Waals surface area (Å²) in [5.41, 5.74) is 0. The predicted molar refractivity (Wildman–Crippen MR) is 82.0 cm³/mol. The van der Waals surface area contributed by atoms with Crippen molar-refractivity contribution in [2.24, 2.45) is 0 Å². The van der Waals surface area contributed by atoms with Gasteiger partial charge in [0.1, 0.15) is 5.75 Å². The molecule has 0 aromatic heterocycles. The molecule has 20 heavy (non-hydrogen) atoms. The molecule has 0 N–H and O–H groups in total. The average Bonchev–Trinajstić information content (AvgIpc) is 2.47. The smallest absolute Gasteiger partial charge is 0.311 e. The van der Waals surface area contributed by atoms with Gasteiger partial charge in [0.05, 0.1) is 0 Å². The van der Waals surface area contributed by atoms with Crippen molar-refractivity contribution < 1.29 is 9.53 Å². The lowest BCUT2D eigenvalue weighted by molar-refractivity contribution is -0.134. The molecule has 0 aliphatic heterocycles. The summed E-state index contributed by atoms with van der Waals surface area (Å²) in [6.45, 7) is 1.97. The Morgan fingerprint density at radius 3 is 2.45 bits per heavy atom. The van der Waals surface area contributed by atoms with Gasteiger partial charge in [-0.05, 0) is 40.1 Å². The van der Waals surface area contributed by atoms with Crippen molar-refractivity contribution in [3.63, 3.8) is 0 Å². The van der Waals surface area contributed by atoms with Crippen molar-refractivity contribution in [3.05, 3.63) is 54.6 Å². The zero-order chi connectivity index (χ0) is 13.9. The minimum atomic E-state index is -0.174. The van der Waals surface area contributed by atoms with E-state index in [1.807, 2.05) is 37.3 Å². The Kier molecular flexibility index (Phi) is 3.38. The maximum atomic E-state index is 11.6. The van der Waals surface area contributed by atoms with E-state index in [0.717, 1.165) is 17.2 Å². The molecular weight excluding hydrogens is 248 g/mol. The molecule has 0 atom stereocenters. The summed E-state index contributed by atoms with van der Waals surface area (Å²) in [6, 6.07) is 18.2. The number of benzene rings is 3. The lowest BCUT2D eigenvalue weighted by Crippen LogP contribution is -2.06. The van der Waals surface area contributed by atoms with Gasteiger partial charge in [-0.15, -0.1) is 0 Å². The van der Waals surface area contributed by atoms with Crippen molar-refractivity contribution in [1.29, 1.82) is 0 Å². The second-order valence-electron chi connectivity index (χ2n) is 4.89. The Labute approximate surface area is 118 Å². The highest BCUT2D eigenvalue weighted by atomic mass is 16.5. The van der Waals surface area contributed by atoms with Crippen molar-refractivity contribution in [2.75, 3.05) is 0 Å². The topological polar surface area (TPSA) is 26.3 Å². The Bertz CT molecular complexity index is 775. The molecule has 0 radical (unpaired) electrons. The number of rotatable bonds is 3. The number of carbonyl (C=O) groups is 1. The first-order chi connectivity index (χ1) is 9.78. The highest BCUT2D eigenvalue weighted by Gasteiger charge is 2.06. The molecule has 3 aromatic rings. The second kappa shape index (κ2) is 5.33. The number of fused-ring (bicyclic) bond motifs is 3. The summed E-state index contributed by atoms with van der Waals surface area (Å²) >= 11 is 0. The van der Waals surface area contributed by atoms with E-state index in [4.69, 9.17) is 4.74 Å². The van der Waals surface area contributed by atoms with Crippen molar-refractivity contribution in [2.45, 2.75) is 19.8 Å². The van der Waals surface area contributed by atoms with Crippen LogP contribution in [0.2, 0.25) is 0 Å². The molecule has 0 aliphatic carbocycles. The van der Waals surface area contributed by atoms with Crippen LogP contribution in [0.4, 0.5) is 0 Å². The normalized spacial score (nSPS) is 10.8. The summed E-state index contributed by atoms with van der Waals surface area (Å²) in [6.07, 6.45) is 1.25. The van der Waals surface area contributed by atoms with Crippen LogP contribution in [0.5, 0.6) is 5.75 Å². The summed E-state index contributed by atoms with van der Waals surface area (Å²) in [4.78, 5) is 11.6. The van der Waals surface area contributed by atoms with Gasteiger partial charge in [-0.25, -0.2) is 0 Å². The first kappa shape index (κ1) is 12.7. The van der Waals surface area contributed by atoms with E-state index in [2.05, 4.69) is 24.3 Å². The fourth-order valence-electron chi connectivity index (χ4n) is 2.43. The standard InChI is InChI=1S/C18H16O2/c1-2-5-18(19)20-15-11-10-14-9-8-13-6-3-4-7-16(13)17(14)12-15/h3-4,6-12H,2,5H2,1H3. The van der Waals surface area contributed by atoms with Crippen LogP contribution in [0.3, 0.4) is 0 Å². The zero-order valence-corrected chi connectivity index (χ0v) is 11.4. The third kappa shape index (κ3) is 2.37. The molecule has 2 nitrogen and oxygen atoms in total. The minimum absolute atomic E-state index is 0.174. The number of esters is 1. The first-order valence-electron chi connectivity index (χ1n) is 6.90. The summed E-state index contributed by atoms with van der Waals surface area (Å²) in [7, 11) is 0. The second-order valence-corrected chi connectivity index (χ2v) is 4.89. The molecule has 0 heterocycles. The Morgan fingerprint density at radius 1 is 0.950 bits per heavy atom. The van der Waals surface area contributed by atoms with E-state index >= 15 is 0 Å². The van der Waals surface area contributed by atoms with Crippen LogP contribution in [-0.4, -0.2) is 5.97 Å². The molecule has 2 heteroatoms. The molecule has 0 spiro atoms. The molecule has 3 aromatic carbocycles. The van der Waals surface area contributed by atoms with E-state index in [1.165, 1.54) is 10.8 Å². The minimum Gasteiger partial charge on any atom is -0.427 e. The molecule has 0 fully saturated rings. The third-order valence-corrected chi connectivity index (χ3v) is 3.40. The van der Waals surface area contributed by atoms with Crippen LogP contribution >= 0.6 is 0 Å². The zero-order valence-electron chi connectivity index (χ0n) is 11.4. The van der Waals surface area contributed by atoms with Crippen molar-refractivity contribution in [3.8, 4) is 5.75 Å². The summed E-state index contributed by atoms with van der Waals surface area (Å²) in [5, 5.41) is 4.64. The molecule has 3 rings (SSSR count). The fraction of sp³-hybridized carbons (Fsp3) is 0.167. The number of carbonyl (C=O) groups excluding carboxylic acids is 1. The average molecular weight is 264 g/mol. The van der Waals surface area contributed by atoms with Crippen LogP contribution < -0.4 is 4.74 Å². The van der Waals surface area contributed by atoms with E-state index in [1.54, 1.807) is 0 Å². The highest BCUT2D eigenvalue weighted by Crippen LogP contribution is 2.28. The van der Waals surface area contributed by atoms with Gasteiger partial charge in [0.15, 0.2) is 0 Å². The van der Waals surface area contributed by atoms with Crippen LogP contribution in [-0.2, 0) is 4.79 Å². The number of ether oxygens (including phenoxy) is 1. The van der Waals surface area contributed by atoms with E-state index in [-0.39, 0.29) is 5.97 Å². The monoisotopic (exact) mass is 264 g/mol.